The Morgan fingerprint density at radius 1 is 1.39 bits per heavy atom. The van der Waals surface area contributed by atoms with Crippen molar-refractivity contribution in [3.8, 4) is 11.8 Å². The minimum Gasteiger partial charge on any atom is -0.487 e. The minimum atomic E-state index is 0.366. The van der Waals surface area contributed by atoms with Crippen molar-refractivity contribution in [3.05, 3.63) is 53.3 Å². The number of nitrogens with two attached hydrogens (primary N) is 1. The molecule has 0 aliphatic carbocycles. The van der Waals surface area contributed by atoms with E-state index >= 15 is 0 Å². The number of nitrogen functional groups attached to an aromatic ring is 1. The van der Waals surface area contributed by atoms with E-state index in [0.29, 0.717) is 23.7 Å². The number of rotatable bonds is 3. The lowest BCUT2D eigenvalue weighted by Crippen LogP contribution is -2.00. The first-order valence-corrected chi connectivity index (χ1v) is 5.53. The van der Waals surface area contributed by atoms with Crippen LogP contribution in [0.5, 0.6) is 5.75 Å². The third-order valence-electron chi connectivity index (χ3n) is 2.62. The van der Waals surface area contributed by atoms with Gasteiger partial charge in [0.2, 0.25) is 0 Å². The maximum Gasteiger partial charge on any atom is 0.142 e. The van der Waals surface area contributed by atoms with E-state index in [2.05, 4.69) is 4.98 Å². The van der Waals surface area contributed by atoms with Crippen LogP contribution in [0, 0.1) is 18.3 Å². The molecule has 1 aromatic heterocycles. The number of nitrogens with zero attached hydrogens (tertiary/aromatic N) is 2. The number of pyridine rings is 1. The quantitative estimate of drug-likeness (QED) is 0.835. The van der Waals surface area contributed by atoms with Gasteiger partial charge in [-0.25, -0.2) is 4.98 Å². The minimum absolute atomic E-state index is 0.366. The van der Waals surface area contributed by atoms with Crippen LogP contribution in [0.4, 0.5) is 5.69 Å². The molecule has 0 unspecified atom stereocenters. The van der Waals surface area contributed by atoms with Crippen molar-refractivity contribution in [1.29, 1.82) is 5.26 Å². The van der Waals surface area contributed by atoms with Crippen LogP contribution in [0.3, 0.4) is 0 Å². The molecule has 1 aromatic carbocycles. The molecule has 0 spiro atoms. The molecule has 4 heteroatoms. The molecule has 0 atom stereocenters. The fourth-order valence-electron chi connectivity index (χ4n) is 1.57. The van der Waals surface area contributed by atoms with Crippen molar-refractivity contribution in [2.75, 3.05) is 5.73 Å². The topological polar surface area (TPSA) is 71.9 Å². The van der Waals surface area contributed by atoms with Crippen LogP contribution in [0.15, 0.2) is 36.5 Å². The van der Waals surface area contributed by atoms with Gasteiger partial charge in [-0.3, -0.25) is 0 Å². The Hall–Kier alpha value is -2.54. The van der Waals surface area contributed by atoms with Gasteiger partial charge < -0.3 is 10.5 Å². The summed E-state index contributed by atoms with van der Waals surface area (Å²) in [6, 6.07) is 11.2. The molecular formula is C14H13N3O. The summed E-state index contributed by atoms with van der Waals surface area (Å²) in [5.41, 5.74) is 8.82. The van der Waals surface area contributed by atoms with Crippen molar-refractivity contribution in [2.45, 2.75) is 13.5 Å². The molecule has 90 valence electrons. The molecule has 18 heavy (non-hydrogen) atoms. The zero-order valence-electron chi connectivity index (χ0n) is 10.1. The van der Waals surface area contributed by atoms with Crippen LogP contribution >= 0.6 is 0 Å². The Morgan fingerprint density at radius 2 is 2.22 bits per heavy atom. The third kappa shape index (κ3) is 2.58. The van der Waals surface area contributed by atoms with Gasteiger partial charge in [0.25, 0.3) is 0 Å². The Morgan fingerprint density at radius 3 is 3.00 bits per heavy atom. The number of ether oxygens (including phenoxy) is 1. The SMILES string of the molecule is Cc1cccc(OCc2ccnc(C#N)c2)c1N. The molecule has 0 saturated carbocycles. The molecule has 0 saturated heterocycles. The summed E-state index contributed by atoms with van der Waals surface area (Å²) in [5, 5.41) is 8.75. The van der Waals surface area contributed by atoms with Crippen LogP contribution in [-0.4, -0.2) is 4.98 Å². The van der Waals surface area contributed by atoms with E-state index in [-0.39, 0.29) is 0 Å². The molecule has 2 rings (SSSR count). The highest BCUT2D eigenvalue weighted by Crippen LogP contribution is 2.25. The van der Waals surface area contributed by atoms with E-state index in [1.54, 1.807) is 12.3 Å². The van der Waals surface area contributed by atoms with Crippen molar-refractivity contribution < 1.29 is 4.74 Å². The van der Waals surface area contributed by atoms with Crippen LogP contribution in [0.2, 0.25) is 0 Å². The predicted molar refractivity (Wildman–Crippen MR) is 68.9 cm³/mol. The summed E-state index contributed by atoms with van der Waals surface area (Å²) >= 11 is 0. The summed E-state index contributed by atoms with van der Waals surface area (Å²) in [5.74, 6) is 0.658. The lowest BCUT2D eigenvalue weighted by Gasteiger charge is -2.10. The third-order valence-corrected chi connectivity index (χ3v) is 2.62. The largest absolute Gasteiger partial charge is 0.487 e. The number of para-hydroxylation sites is 1. The Bertz CT molecular complexity index is 602. The van der Waals surface area contributed by atoms with Crippen LogP contribution in [-0.2, 0) is 6.61 Å². The zero-order chi connectivity index (χ0) is 13.0. The van der Waals surface area contributed by atoms with Crippen LogP contribution in [0.1, 0.15) is 16.8 Å². The maximum absolute atomic E-state index is 8.75. The van der Waals surface area contributed by atoms with Gasteiger partial charge in [0.1, 0.15) is 24.1 Å². The standard InChI is InChI=1S/C14H13N3O/c1-10-3-2-4-13(14(10)16)18-9-11-5-6-17-12(7-11)8-15/h2-7H,9,16H2,1H3. The fourth-order valence-corrected chi connectivity index (χ4v) is 1.57. The number of benzene rings is 1. The number of nitriles is 1. The lowest BCUT2D eigenvalue weighted by atomic mass is 10.2. The van der Waals surface area contributed by atoms with E-state index < -0.39 is 0 Å². The molecule has 0 radical (unpaired) electrons. The van der Waals surface area contributed by atoms with Gasteiger partial charge in [-0.2, -0.15) is 5.26 Å². The molecule has 0 aliphatic heterocycles. The summed E-state index contributed by atoms with van der Waals surface area (Å²) in [4.78, 5) is 3.90. The molecule has 0 fully saturated rings. The summed E-state index contributed by atoms with van der Waals surface area (Å²) in [6.45, 7) is 2.30. The highest BCUT2D eigenvalue weighted by Gasteiger charge is 2.03. The summed E-state index contributed by atoms with van der Waals surface area (Å²) < 4.78 is 5.64. The first kappa shape index (κ1) is 11.9. The van der Waals surface area contributed by atoms with E-state index in [4.69, 9.17) is 15.7 Å². The van der Waals surface area contributed by atoms with E-state index in [0.717, 1.165) is 11.1 Å². The number of hydrogen-bond donors (Lipinski definition) is 1. The van der Waals surface area contributed by atoms with Crippen molar-refractivity contribution in [2.24, 2.45) is 0 Å². The lowest BCUT2D eigenvalue weighted by molar-refractivity contribution is 0.307. The van der Waals surface area contributed by atoms with Gasteiger partial charge in [0.05, 0.1) is 5.69 Å². The molecule has 2 N–H and O–H groups in total. The van der Waals surface area contributed by atoms with Gasteiger partial charge in [-0.05, 0) is 36.2 Å². The van der Waals surface area contributed by atoms with Gasteiger partial charge in [-0.15, -0.1) is 0 Å². The van der Waals surface area contributed by atoms with E-state index in [1.165, 1.54) is 0 Å². The summed E-state index contributed by atoms with van der Waals surface area (Å²) in [6.07, 6.45) is 1.59. The number of aromatic nitrogens is 1. The normalized spacial score (nSPS) is 9.78. The molecule has 0 amide bonds. The Labute approximate surface area is 106 Å². The predicted octanol–water partition coefficient (Wildman–Crippen LogP) is 2.42. The van der Waals surface area contributed by atoms with Gasteiger partial charge in [-0.1, -0.05) is 12.1 Å². The summed E-state index contributed by atoms with van der Waals surface area (Å²) in [7, 11) is 0. The highest BCUT2D eigenvalue weighted by atomic mass is 16.5. The van der Waals surface area contributed by atoms with Gasteiger partial charge in [0, 0.05) is 6.20 Å². The number of anilines is 1. The molecule has 0 bridgehead atoms. The zero-order valence-corrected chi connectivity index (χ0v) is 10.1. The average molecular weight is 239 g/mol. The average Bonchev–Trinajstić information content (AvgIpc) is 2.41. The number of aryl methyl sites for hydroxylation is 1. The molecular weight excluding hydrogens is 226 g/mol. The molecule has 2 aromatic rings. The van der Waals surface area contributed by atoms with Crippen LogP contribution in [0.25, 0.3) is 0 Å². The first-order chi connectivity index (χ1) is 8.70. The van der Waals surface area contributed by atoms with Crippen molar-refractivity contribution >= 4 is 5.69 Å². The smallest absolute Gasteiger partial charge is 0.142 e. The van der Waals surface area contributed by atoms with Crippen LogP contribution < -0.4 is 10.5 Å². The first-order valence-electron chi connectivity index (χ1n) is 5.53. The second kappa shape index (κ2) is 5.19. The second-order valence-electron chi connectivity index (χ2n) is 3.94. The maximum atomic E-state index is 8.75. The van der Waals surface area contributed by atoms with Crippen molar-refractivity contribution in [1.82, 2.24) is 4.98 Å². The van der Waals surface area contributed by atoms with E-state index in [1.807, 2.05) is 37.3 Å². The Kier molecular flexibility index (Phi) is 3.44. The Balaban J connectivity index is 2.12. The van der Waals surface area contributed by atoms with Crippen molar-refractivity contribution in [3.63, 3.8) is 0 Å². The second-order valence-corrected chi connectivity index (χ2v) is 3.94. The highest BCUT2D eigenvalue weighted by molar-refractivity contribution is 5.57. The van der Waals surface area contributed by atoms with E-state index in [9.17, 15) is 0 Å². The molecule has 0 aliphatic rings. The van der Waals surface area contributed by atoms with Gasteiger partial charge >= 0.3 is 0 Å². The molecule has 4 nitrogen and oxygen atoms in total. The fraction of sp³-hybridized carbons (Fsp3) is 0.143. The number of hydrogen-bond acceptors (Lipinski definition) is 4. The van der Waals surface area contributed by atoms with Gasteiger partial charge in [0.15, 0.2) is 0 Å². The monoisotopic (exact) mass is 239 g/mol. The molecule has 1 heterocycles.